The van der Waals surface area contributed by atoms with Crippen molar-refractivity contribution in [2.75, 3.05) is 46.0 Å². The quantitative estimate of drug-likeness (QED) is 0.217. The van der Waals surface area contributed by atoms with Gasteiger partial charge in [-0.15, -0.1) is 0 Å². The number of aryl methyl sites for hydroxylation is 1. The number of ether oxygens (including phenoxy) is 3. The van der Waals surface area contributed by atoms with E-state index < -0.39 is 23.5 Å². The van der Waals surface area contributed by atoms with Crippen molar-refractivity contribution in [3.63, 3.8) is 0 Å². The van der Waals surface area contributed by atoms with Gasteiger partial charge in [-0.25, -0.2) is 0 Å². The van der Waals surface area contributed by atoms with Crippen molar-refractivity contribution in [2.24, 2.45) is 0 Å². The summed E-state index contributed by atoms with van der Waals surface area (Å²) < 4.78 is 17.0. The highest BCUT2D eigenvalue weighted by molar-refractivity contribution is 6.46. The number of hydrogen-bond acceptors (Lipinski definition) is 7. The fourth-order valence-corrected chi connectivity index (χ4v) is 5.47. The summed E-state index contributed by atoms with van der Waals surface area (Å²) in [7, 11) is 0. The van der Waals surface area contributed by atoms with E-state index in [0.29, 0.717) is 55.4 Å². The van der Waals surface area contributed by atoms with Gasteiger partial charge in [-0.1, -0.05) is 48.2 Å². The molecule has 2 fully saturated rings. The Balaban J connectivity index is 1.49. The lowest BCUT2D eigenvalue weighted by molar-refractivity contribution is -0.907. The molecule has 3 aromatic rings. The third-order valence-electron chi connectivity index (χ3n) is 7.73. The van der Waals surface area contributed by atoms with E-state index in [9.17, 15) is 19.8 Å². The van der Waals surface area contributed by atoms with Crippen molar-refractivity contribution < 1.29 is 38.9 Å². The Morgan fingerprint density at radius 2 is 1.81 bits per heavy atom. The number of benzene rings is 3. The van der Waals surface area contributed by atoms with Crippen molar-refractivity contribution in [1.82, 2.24) is 4.90 Å². The minimum absolute atomic E-state index is 0.0598. The van der Waals surface area contributed by atoms with Gasteiger partial charge in [-0.3, -0.25) is 9.59 Å². The number of amides is 1. The molecular weight excluding hydrogens is 536 g/mol. The molecule has 9 nitrogen and oxygen atoms in total. The first kappa shape index (κ1) is 29.2. The maximum atomic E-state index is 14.0. The van der Waals surface area contributed by atoms with Gasteiger partial charge in [0.25, 0.3) is 5.91 Å². The molecule has 0 bridgehead atoms. The van der Waals surface area contributed by atoms with Crippen LogP contribution >= 0.6 is 0 Å². The number of quaternary nitrogens is 1. The van der Waals surface area contributed by atoms with E-state index >= 15 is 0 Å². The molecular formula is C33H36N2O7. The van der Waals surface area contributed by atoms with Crippen LogP contribution in [0.3, 0.4) is 0 Å². The predicted molar refractivity (Wildman–Crippen MR) is 154 cm³/mol. The van der Waals surface area contributed by atoms with Crippen molar-refractivity contribution in [3.8, 4) is 17.2 Å². The Labute approximate surface area is 245 Å². The summed E-state index contributed by atoms with van der Waals surface area (Å²) in [4.78, 5) is 29.7. The SMILES string of the molecule is CCOc1cc(C2/C(=C(\[O-])c3ccc(OCc4ccccc4)cc3C)C(=O)C(=O)N2CC[NH+]2CCOCC2)ccc1O. The van der Waals surface area contributed by atoms with E-state index in [1.54, 1.807) is 44.2 Å². The monoisotopic (exact) mass is 572 g/mol. The third-order valence-corrected chi connectivity index (χ3v) is 7.73. The lowest BCUT2D eigenvalue weighted by atomic mass is 9.93. The highest BCUT2D eigenvalue weighted by atomic mass is 16.5. The molecule has 2 saturated heterocycles. The first-order valence-electron chi connectivity index (χ1n) is 14.3. The van der Waals surface area contributed by atoms with Crippen molar-refractivity contribution in [3.05, 3.63) is 94.6 Å². The summed E-state index contributed by atoms with van der Waals surface area (Å²) in [5.74, 6) is -1.26. The van der Waals surface area contributed by atoms with Gasteiger partial charge in [-0.05, 0) is 60.4 Å². The molecule has 2 heterocycles. The van der Waals surface area contributed by atoms with Crippen LogP contribution in [0.4, 0.5) is 0 Å². The fraction of sp³-hybridized carbons (Fsp3) is 0.333. The summed E-state index contributed by atoms with van der Waals surface area (Å²) in [5, 5.41) is 24.4. The van der Waals surface area contributed by atoms with Crippen LogP contribution in [0, 0.1) is 6.92 Å². The number of phenolic OH excluding ortho intramolecular Hbond substituents is 1. The van der Waals surface area contributed by atoms with Crippen LogP contribution in [0.5, 0.6) is 17.2 Å². The number of carbonyl (C=O) groups excluding carboxylic acids is 2. The van der Waals surface area contributed by atoms with Gasteiger partial charge >= 0.3 is 0 Å². The Bertz CT molecular complexity index is 1460. The molecule has 1 unspecified atom stereocenters. The highest BCUT2D eigenvalue weighted by Gasteiger charge is 2.44. The average molecular weight is 573 g/mol. The Kier molecular flexibility index (Phi) is 9.09. The van der Waals surface area contributed by atoms with Gasteiger partial charge in [-0.2, -0.15) is 0 Å². The van der Waals surface area contributed by atoms with Crippen LogP contribution in [0.15, 0.2) is 72.3 Å². The zero-order valence-electron chi connectivity index (χ0n) is 23.9. The number of likely N-dealkylation sites (tertiary alicyclic amines) is 1. The first-order chi connectivity index (χ1) is 20.4. The number of rotatable bonds is 10. The van der Waals surface area contributed by atoms with E-state index in [0.717, 1.165) is 18.7 Å². The Morgan fingerprint density at radius 1 is 1.05 bits per heavy atom. The zero-order chi connectivity index (χ0) is 29.6. The predicted octanol–water partition coefficient (Wildman–Crippen LogP) is 1.82. The molecule has 0 aromatic heterocycles. The molecule has 2 N–H and O–H groups in total. The lowest BCUT2D eigenvalue weighted by Crippen LogP contribution is -3.14. The normalized spacial score (nSPS) is 18.8. The second kappa shape index (κ2) is 13.1. The molecule has 0 saturated carbocycles. The number of phenols is 1. The largest absolute Gasteiger partial charge is 0.872 e. The zero-order valence-corrected chi connectivity index (χ0v) is 23.9. The molecule has 2 aliphatic heterocycles. The van der Waals surface area contributed by atoms with Crippen LogP contribution in [0.2, 0.25) is 0 Å². The van der Waals surface area contributed by atoms with Crippen molar-refractivity contribution in [2.45, 2.75) is 26.5 Å². The number of aromatic hydroxyl groups is 1. The Morgan fingerprint density at radius 3 is 2.52 bits per heavy atom. The number of morpholine rings is 1. The number of Topliss-reactive ketones (excluding diaryl/α,β-unsaturated/α-hetero) is 1. The van der Waals surface area contributed by atoms with E-state index in [1.807, 2.05) is 30.3 Å². The van der Waals surface area contributed by atoms with Gasteiger partial charge in [0.2, 0.25) is 5.78 Å². The Hall–Kier alpha value is -4.34. The summed E-state index contributed by atoms with van der Waals surface area (Å²) in [5.41, 5.74) is 2.40. The smallest absolute Gasteiger partial charge is 0.295 e. The summed E-state index contributed by atoms with van der Waals surface area (Å²) >= 11 is 0. The molecule has 0 radical (unpaired) electrons. The number of ketones is 1. The molecule has 0 spiro atoms. The van der Waals surface area contributed by atoms with E-state index in [1.165, 1.54) is 15.9 Å². The van der Waals surface area contributed by atoms with Gasteiger partial charge in [0, 0.05) is 5.57 Å². The van der Waals surface area contributed by atoms with Crippen LogP contribution in [-0.2, 0) is 20.9 Å². The van der Waals surface area contributed by atoms with Crippen molar-refractivity contribution in [1.29, 1.82) is 0 Å². The third kappa shape index (κ3) is 6.27. The molecule has 1 atom stereocenters. The first-order valence-corrected chi connectivity index (χ1v) is 14.3. The molecule has 1 amide bonds. The number of nitrogens with one attached hydrogen (secondary N) is 1. The second-order valence-corrected chi connectivity index (χ2v) is 10.5. The number of nitrogens with zero attached hydrogens (tertiary/aromatic N) is 1. The van der Waals surface area contributed by atoms with Crippen LogP contribution in [0.25, 0.3) is 5.76 Å². The minimum Gasteiger partial charge on any atom is -0.872 e. The summed E-state index contributed by atoms with van der Waals surface area (Å²) in [6, 6.07) is 18.6. The van der Waals surface area contributed by atoms with Gasteiger partial charge < -0.3 is 34.2 Å². The van der Waals surface area contributed by atoms with Crippen molar-refractivity contribution >= 4 is 17.4 Å². The second-order valence-electron chi connectivity index (χ2n) is 10.5. The molecule has 42 heavy (non-hydrogen) atoms. The van der Waals surface area contributed by atoms with Gasteiger partial charge in [0.05, 0.1) is 39.0 Å². The molecule has 0 aliphatic carbocycles. The van der Waals surface area contributed by atoms with E-state index in [4.69, 9.17) is 14.2 Å². The van der Waals surface area contributed by atoms with Crippen LogP contribution < -0.4 is 19.5 Å². The minimum atomic E-state index is -0.911. The summed E-state index contributed by atoms with van der Waals surface area (Å²) in [6.45, 7) is 8.07. The number of hydrogen-bond donors (Lipinski definition) is 2. The lowest BCUT2D eigenvalue weighted by Gasteiger charge is -2.30. The summed E-state index contributed by atoms with van der Waals surface area (Å²) in [6.07, 6.45) is 0. The molecule has 2 aliphatic rings. The van der Waals surface area contributed by atoms with E-state index in [-0.39, 0.29) is 23.6 Å². The van der Waals surface area contributed by atoms with Gasteiger partial charge in [0.15, 0.2) is 11.5 Å². The molecule has 5 rings (SSSR count). The average Bonchev–Trinajstić information content (AvgIpc) is 3.26. The standard InChI is InChI=1S/C33H36N2O7/c1-3-41-28-20-24(9-12-27(28)36)30-29(32(38)33(39)35(30)14-13-34-15-17-40-18-16-34)31(37)26-11-10-25(19-22(26)2)42-21-23-7-5-4-6-8-23/h4-12,19-20,30,36-37H,3,13-18,21H2,1-2H3/b31-29+. The van der Waals surface area contributed by atoms with Gasteiger partial charge in [0.1, 0.15) is 25.4 Å². The molecule has 220 valence electrons. The van der Waals surface area contributed by atoms with E-state index in [2.05, 4.69) is 0 Å². The van der Waals surface area contributed by atoms with Crippen LogP contribution in [0.1, 0.15) is 35.2 Å². The topological polar surface area (TPSA) is 113 Å². The number of carbonyl (C=O) groups is 2. The highest BCUT2D eigenvalue weighted by Crippen LogP contribution is 2.41. The maximum absolute atomic E-state index is 14.0. The maximum Gasteiger partial charge on any atom is 0.295 e. The van der Waals surface area contributed by atoms with Crippen LogP contribution in [-0.4, -0.2) is 67.7 Å². The molecule has 3 aromatic carbocycles. The fourth-order valence-electron chi connectivity index (χ4n) is 5.47. The molecule has 9 heteroatoms.